The van der Waals surface area contributed by atoms with Crippen LogP contribution in [0.1, 0.15) is 0 Å². The monoisotopic (exact) mass is 342 g/mol. The van der Waals surface area contributed by atoms with E-state index in [1.807, 2.05) is 48.7 Å². The number of benzene rings is 2. The summed E-state index contributed by atoms with van der Waals surface area (Å²) in [7, 11) is 0. The summed E-state index contributed by atoms with van der Waals surface area (Å²) >= 11 is 3.44. The Balaban J connectivity index is 1.63. The number of hydrogen-bond donors (Lipinski definition) is 1. The molecule has 2 aromatic carbocycles. The zero-order valence-corrected chi connectivity index (χ0v) is 13.0. The van der Waals surface area contributed by atoms with Gasteiger partial charge in [0.25, 0.3) is 0 Å². The number of anilines is 1. The normalized spacial score (nSPS) is 10.5. The van der Waals surface area contributed by atoms with Crippen LogP contribution >= 0.6 is 15.9 Å². The zero-order chi connectivity index (χ0) is 14.5. The molecule has 0 aliphatic rings. The highest BCUT2D eigenvalue weighted by atomic mass is 79.9. The fraction of sp³-hybridized carbons (Fsp3) is 0.118. The second-order valence-electron chi connectivity index (χ2n) is 4.62. The van der Waals surface area contributed by atoms with Gasteiger partial charge in [-0.25, -0.2) is 0 Å². The van der Waals surface area contributed by atoms with E-state index in [1.54, 1.807) is 0 Å². The Kier molecular flexibility index (Phi) is 4.36. The molecule has 0 fully saturated rings. The highest BCUT2D eigenvalue weighted by Crippen LogP contribution is 2.23. The second-order valence-corrected chi connectivity index (χ2v) is 5.53. The fourth-order valence-corrected chi connectivity index (χ4v) is 2.50. The van der Waals surface area contributed by atoms with Crippen molar-refractivity contribution in [2.24, 2.45) is 0 Å². The average Bonchev–Trinajstić information content (AvgIpc) is 2.52. The van der Waals surface area contributed by atoms with Crippen LogP contribution in [-0.4, -0.2) is 18.1 Å². The van der Waals surface area contributed by atoms with E-state index >= 15 is 0 Å². The van der Waals surface area contributed by atoms with Crippen molar-refractivity contribution in [2.75, 3.05) is 18.5 Å². The predicted molar refractivity (Wildman–Crippen MR) is 89.9 cm³/mol. The van der Waals surface area contributed by atoms with Crippen molar-refractivity contribution < 1.29 is 4.74 Å². The maximum atomic E-state index is 5.67. The van der Waals surface area contributed by atoms with Crippen molar-refractivity contribution in [3.8, 4) is 5.75 Å². The lowest BCUT2D eigenvalue weighted by Crippen LogP contribution is -2.11. The number of pyridine rings is 1. The van der Waals surface area contributed by atoms with E-state index in [1.165, 1.54) is 0 Å². The quantitative estimate of drug-likeness (QED) is 0.693. The standard InChI is InChI=1S/C17H15BrN2O/c18-14-11-13-5-4-8-16(17(13)20-12-14)19-9-10-21-15-6-2-1-3-7-15/h1-8,11-12,19H,9-10H2. The van der Waals surface area contributed by atoms with Crippen molar-refractivity contribution >= 4 is 32.5 Å². The van der Waals surface area contributed by atoms with Gasteiger partial charge in [0.15, 0.2) is 0 Å². The minimum atomic E-state index is 0.608. The van der Waals surface area contributed by atoms with Crippen LogP contribution < -0.4 is 10.1 Å². The van der Waals surface area contributed by atoms with Crippen LogP contribution in [0.5, 0.6) is 5.75 Å². The number of hydrogen-bond acceptors (Lipinski definition) is 3. The summed E-state index contributed by atoms with van der Waals surface area (Å²) < 4.78 is 6.65. The molecule has 0 aliphatic carbocycles. The van der Waals surface area contributed by atoms with Gasteiger partial charge in [0, 0.05) is 22.6 Å². The summed E-state index contributed by atoms with van der Waals surface area (Å²) in [5.74, 6) is 0.888. The van der Waals surface area contributed by atoms with Crippen molar-refractivity contribution in [2.45, 2.75) is 0 Å². The number of para-hydroxylation sites is 2. The first-order valence-electron chi connectivity index (χ1n) is 6.79. The van der Waals surface area contributed by atoms with Gasteiger partial charge in [-0.1, -0.05) is 30.3 Å². The fourth-order valence-electron chi connectivity index (χ4n) is 2.15. The number of rotatable bonds is 5. The highest BCUT2D eigenvalue weighted by molar-refractivity contribution is 9.10. The molecule has 0 bridgehead atoms. The Bertz CT molecular complexity index is 731. The lowest BCUT2D eigenvalue weighted by Gasteiger charge is -2.10. The Morgan fingerprint density at radius 3 is 2.76 bits per heavy atom. The Morgan fingerprint density at radius 1 is 1.05 bits per heavy atom. The third kappa shape index (κ3) is 3.52. The van der Waals surface area contributed by atoms with E-state index in [0.717, 1.165) is 33.4 Å². The first-order chi connectivity index (χ1) is 10.3. The number of ether oxygens (including phenoxy) is 1. The van der Waals surface area contributed by atoms with E-state index in [0.29, 0.717) is 6.61 Å². The van der Waals surface area contributed by atoms with Crippen LogP contribution in [0.2, 0.25) is 0 Å². The summed E-state index contributed by atoms with van der Waals surface area (Å²) in [6, 6.07) is 18.0. The van der Waals surface area contributed by atoms with Gasteiger partial charge in [-0.05, 0) is 40.2 Å². The minimum absolute atomic E-state index is 0.608. The molecular weight excluding hydrogens is 328 g/mol. The van der Waals surface area contributed by atoms with E-state index in [-0.39, 0.29) is 0 Å². The number of nitrogens with one attached hydrogen (secondary N) is 1. The molecule has 106 valence electrons. The zero-order valence-electron chi connectivity index (χ0n) is 11.4. The maximum Gasteiger partial charge on any atom is 0.119 e. The van der Waals surface area contributed by atoms with Gasteiger partial charge >= 0.3 is 0 Å². The molecule has 3 aromatic rings. The Labute approximate surface area is 132 Å². The smallest absolute Gasteiger partial charge is 0.119 e. The Hall–Kier alpha value is -2.07. The molecule has 1 N–H and O–H groups in total. The van der Waals surface area contributed by atoms with Gasteiger partial charge in [-0.3, -0.25) is 4.98 Å². The van der Waals surface area contributed by atoms with Gasteiger partial charge in [-0.15, -0.1) is 0 Å². The van der Waals surface area contributed by atoms with Gasteiger partial charge in [0.2, 0.25) is 0 Å². The molecule has 0 aliphatic heterocycles. The van der Waals surface area contributed by atoms with Gasteiger partial charge in [-0.2, -0.15) is 0 Å². The molecule has 4 heteroatoms. The number of nitrogens with zero attached hydrogens (tertiary/aromatic N) is 1. The average molecular weight is 343 g/mol. The number of halogens is 1. The van der Waals surface area contributed by atoms with Crippen LogP contribution in [0.15, 0.2) is 65.3 Å². The van der Waals surface area contributed by atoms with Crippen molar-refractivity contribution in [3.05, 3.63) is 65.3 Å². The molecular formula is C17H15BrN2O. The van der Waals surface area contributed by atoms with Gasteiger partial charge in [0.1, 0.15) is 12.4 Å². The third-order valence-electron chi connectivity index (χ3n) is 3.11. The molecule has 0 unspecified atom stereocenters. The van der Waals surface area contributed by atoms with Crippen LogP contribution in [0, 0.1) is 0 Å². The lowest BCUT2D eigenvalue weighted by molar-refractivity contribution is 0.333. The van der Waals surface area contributed by atoms with Crippen molar-refractivity contribution in [1.29, 1.82) is 0 Å². The summed E-state index contributed by atoms with van der Waals surface area (Å²) in [6.07, 6.45) is 1.81. The predicted octanol–water partition coefficient (Wildman–Crippen LogP) is 4.49. The molecule has 0 atom stereocenters. The molecule has 0 saturated heterocycles. The highest BCUT2D eigenvalue weighted by Gasteiger charge is 2.02. The van der Waals surface area contributed by atoms with Crippen LogP contribution in [0.4, 0.5) is 5.69 Å². The van der Waals surface area contributed by atoms with Crippen molar-refractivity contribution in [1.82, 2.24) is 4.98 Å². The van der Waals surface area contributed by atoms with Gasteiger partial charge in [0.05, 0.1) is 11.2 Å². The molecule has 0 spiro atoms. The van der Waals surface area contributed by atoms with E-state index < -0.39 is 0 Å². The van der Waals surface area contributed by atoms with Crippen LogP contribution in [-0.2, 0) is 0 Å². The Morgan fingerprint density at radius 2 is 1.90 bits per heavy atom. The summed E-state index contributed by atoms with van der Waals surface area (Å²) in [5, 5.41) is 4.48. The van der Waals surface area contributed by atoms with Gasteiger partial charge < -0.3 is 10.1 Å². The SMILES string of the molecule is Brc1cnc2c(NCCOc3ccccc3)cccc2c1. The first kappa shape index (κ1) is 13.9. The molecule has 0 amide bonds. The summed E-state index contributed by atoms with van der Waals surface area (Å²) in [4.78, 5) is 4.47. The second kappa shape index (κ2) is 6.59. The topological polar surface area (TPSA) is 34.2 Å². The molecule has 1 heterocycles. The third-order valence-corrected chi connectivity index (χ3v) is 3.54. The molecule has 21 heavy (non-hydrogen) atoms. The minimum Gasteiger partial charge on any atom is -0.492 e. The molecule has 1 aromatic heterocycles. The molecule has 0 saturated carbocycles. The summed E-state index contributed by atoms with van der Waals surface area (Å²) in [5.41, 5.74) is 2.00. The van der Waals surface area contributed by atoms with Crippen LogP contribution in [0.25, 0.3) is 10.9 Å². The van der Waals surface area contributed by atoms with Crippen molar-refractivity contribution in [3.63, 3.8) is 0 Å². The van der Waals surface area contributed by atoms with E-state index in [4.69, 9.17) is 4.74 Å². The summed E-state index contributed by atoms with van der Waals surface area (Å²) in [6.45, 7) is 1.34. The van der Waals surface area contributed by atoms with Crippen LogP contribution in [0.3, 0.4) is 0 Å². The maximum absolute atomic E-state index is 5.67. The molecule has 3 nitrogen and oxygen atoms in total. The number of aromatic nitrogens is 1. The largest absolute Gasteiger partial charge is 0.492 e. The van der Waals surface area contributed by atoms with E-state index in [9.17, 15) is 0 Å². The first-order valence-corrected chi connectivity index (χ1v) is 7.58. The molecule has 0 radical (unpaired) electrons. The molecule has 3 rings (SSSR count). The number of fused-ring (bicyclic) bond motifs is 1. The van der Waals surface area contributed by atoms with E-state index in [2.05, 4.69) is 38.4 Å². The lowest BCUT2D eigenvalue weighted by atomic mass is 10.2.